The fourth-order valence-corrected chi connectivity index (χ4v) is 9.33. The highest BCUT2D eigenvalue weighted by Gasteiger charge is 2.36. The van der Waals surface area contributed by atoms with E-state index in [1.807, 2.05) is 10.6 Å². The minimum Gasteiger partial charge on any atom is -0.375 e. The Balaban J connectivity index is 1.40. The molecule has 228 valence electrons. The van der Waals surface area contributed by atoms with Gasteiger partial charge in [0.25, 0.3) is 0 Å². The van der Waals surface area contributed by atoms with Crippen molar-refractivity contribution in [2.75, 3.05) is 68.7 Å². The van der Waals surface area contributed by atoms with Crippen LogP contribution >= 0.6 is 34.7 Å². The van der Waals surface area contributed by atoms with Gasteiger partial charge in [0.15, 0.2) is 5.13 Å². The van der Waals surface area contributed by atoms with Gasteiger partial charge in [0, 0.05) is 84.5 Å². The molecule has 7 rings (SSSR count). The number of anilines is 2. The van der Waals surface area contributed by atoms with Crippen LogP contribution in [0.1, 0.15) is 31.4 Å². The van der Waals surface area contributed by atoms with Crippen molar-refractivity contribution in [2.45, 2.75) is 42.8 Å². The van der Waals surface area contributed by atoms with Crippen molar-refractivity contribution >= 4 is 68.5 Å². The summed E-state index contributed by atoms with van der Waals surface area (Å²) in [6, 6.07) is 2.68. The Morgan fingerprint density at radius 3 is 2.63 bits per heavy atom. The third-order valence-electron chi connectivity index (χ3n) is 9.16. The van der Waals surface area contributed by atoms with Crippen LogP contribution in [0.15, 0.2) is 28.4 Å². The van der Waals surface area contributed by atoms with Gasteiger partial charge in [-0.1, -0.05) is 36.4 Å². The molecular formula is C30H36ClFN8OS2. The first-order chi connectivity index (χ1) is 20.8. The van der Waals surface area contributed by atoms with E-state index in [9.17, 15) is 9.18 Å². The highest BCUT2D eigenvalue weighted by atomic mass is 35.5. The molecule has 3 atom stereocenters. The summed E-state index contributed by atoms with van der Waals surface area (Å²) < 4.78 is 16.9. The van der Waals surface area contributed by atoms with Crippen molar-refractivity contribution in [3.05, 3.63) is 49.7 Å². The van der Waals surface area contributed by atoms with Crippen LogP contribution in [0.3, 0.4) is 0 Å². The quantitative estimate of drug-likeness (QED) is 0.420. The maximum Gasteiger partial charge on any atom is 0.350 e. The third kappa shape index (κ3) is 5.40. The SMILES string of the molecule is C=C/C(F)=c1/sc(N)n/c1=C\c1c(Cl)cc2c(N3CC4CCC(C3)N4)nc(=O)n3c2c1SCC3CN1CCN(CC)CC1. The molecule has 4 aliphatic heterocycles. The second-order valence-electron chi connectivity index (χ2n) is 11.8. The number of allylic oxidation sites excluding steroid dienone is 1. The van der Waals surface area contributed by atoms with Crippen LogP contribution < -0.4 is 31.5 Å². The van der Waals surface area contributed by atoms with Gasteiger partial charge < -0.3 is 20.9 Å². The molecule has 43 heavy (non-hydrogen) atoms. The van der Waals surface area contributed by atoms with Gasteiger partial charge in [-0.15, -0.1) is 11.8 Å². The number of nitrogens with two attached hydrogens (primary N) is 1. The lowest BCUT2D eigenvalue weighted by Crippen LogP contribution is -2.52. The molecule has 4 aliphatic rings. The lowest BCUT2D eigenvalue weighted by molar-refractivity contribution is 0.125. The van der Waals surface area contributed by atoms with Crippen molar-refractivity contribution in [3.63, 3.8) is 0 Å². The van der Waals surface area contributed by atoms with Gasteiger partial charge in [0.2, 0.25) is 0 Å². The van der Waals surface area contributed by atoms with Gasteiger partial charge in [-0.3, -0.25) is 9.47 Å². The molecule has 9 nitrogen and oxygen atoms in total. The fourth-order valence-electron chi connectivity index (χ4n) is 6.99. The van der Waals surface area contributed by atoms with Crippen molar-refractivity contribution in [1.82, 2.24) is 29.7 Å². The maximum absolute atomic E-state index is 14.7. The zero-order valence-corrected chi connectivity index (χ0v) is 26.6. The zero-order valence-electron chi connectivity index (χ0n) is 24.2. The molecule has 0 aliphatic carbocycles. The Morgan fingerprint density at radius 2 is 1.93 bits per heavy atom. The van der Waals surface area contributed by atoms with Gasteiger partial charge in [-0.25, -0.2) is 14.2 Å². The van der Waals surface area contributed by atoms with E-state index in [1.165, 1.54) is 0 Å². The summed E-state index contributed by atoms with van der Waals surface area (Å²) in [6.07, 6.45) is 5.20. The molecule has 3 saturated heterocycles. The molecule has 0 amide bonds. The monoisotopic (exact) mass is 642 g/mol. The molecule has 0 radical (unpaired) electrons. The van der Waals surface area contributed by atoms with Gasteiger partial charge in [-0.2, -0.15) is 4.98 Å². The molecule has 0 spiro atoms. The predicted octanol–water partition coefficient (Wildman–Crippen LogP) is 2.41. The number of thioether (sulfide) groups is 1. The fraction of sp³-hybridized carbons (Fsp3) is 0.500. The third-order valence-corrected chi connectivity index (χ3v) is 11.6. The predicted molar refractivity (Wildman–Crippen MR) is 176 cm³/mol. The lowest BCUT2D eigenvalue weighted by Gasteiger charge is -2.38. The highest BCUT2D eigenvalue weighted by molar-refractivity contribution is 7.99. The molecule has 3 N–H and O–H groups in total. The molecule has 6 heterocycles. The highest BCUT2D eigenvalue weighted by Crippen LogP contribution is 2.44. The number of nitrogens with one attached hydrogen (secondary N) is 1. The van der Waals surface area contributed by atoms with Crippen LogP contribution in [0.5, 0.6) is 0 Å². The number of nitrogen functional groups attached to an aromatic ring is 1. The molecule has 2 aromatic heterocycles. The van der Waals surface area contributed by atoms with E-state index in [4.69, 9.17) is 22.3 Å². The van der Waals surface area contributed by atoms with Gasteiger partial charge in [0.05, 0.1) is 21.4 Å². The minimum absolute atomic E-state index is 0.0347. The summed E-state index contributed by atoms with van der Waals surface area (Å²) in [5.74, 6) is 0.917. The van der Waals surface area contributed by atoms with Crippen molar-refractivity contribution in [2.24, 2.45) is 0 Å². The van der Waals surface area contributed by atoms with Crippen LogP contribution in [0, 0.1) is 0 Å². The number of rotatable bonds is 6. The Kier molecular flexibility index (Phi) is 8.02. The zero-order chi connectivity index (χ0) is 29.8. The molecule has 2 bridgehead atoms. The summed E-state index contributed by atoms with van der Waals surface area (Å²) in [5.41, 5.74) is 7.33. The number of hydrogen-bond acceptors (Lipinski definition) is 10. The molecule has 0 saturated carbocycles. The molecule has 3 unspecified atom stereocenters. The van der Waals surface area contributed by atoms with Crippen LogP contribution in [0.25, 0.3) is 22.8 Å². The largest absolute Gasteiger partial charge is 0.375 e. The van der Waals surface area contributed by atoms with E-state index in [0.29, 0.717) is 44.1 Å². The number of thiazole rings is 1. The number of benzene rings is 1. The topological polar surface area (TPSA) is 95.5 Å². The molecule has 13 heteroatoms. The number of nitrogens with zero attached hydrogens (tertiary/aromatic N) is 6. The molecule has 3 fully saturated rings. The minimum atomic E-state index is -0.487. The van der Waals surface area contributed by atoms with Gasteiger partial charge >= 0.3 is 5.69 Å². The van der Waals surface area contributed by atoms with Crippen LogP contribution in [-0.2, 0) is 0 Å². The van der Waals surface area contributed by atoms with E-state index >= 15 is 0 Å². The van der Waals surface area contributed by atoms with Crippen LogP contribution in [0.4, 0.5) is 15.3 Å². The number of aromatic nitrogens is 3. The van der Waals surface area contributed by atoms with Crippen molar-refractivity contribution in [3.8, 4) is 0 Å². The maximum atomic E-state index is 14.7. The summed E-state index contributed by atoms with van der Waals surface area (Å²) in [4.78, 5) is 31.3. The summed E-state index contributed by atoms with van der Waals surface area (Å²) in [7, 11) is 0. The number of piperazine rings is 2. The number of hydrogen-bond donors (Lipinski definition) is 2. The van der Waals surface area contributed by atoms with E-state index in [1.54, 1.807) is 17.8 Å². The number of fused-ring (bicyclic) bond motifs is 2. The van der Waals surface area contributed by atoms with E-state index in [-0.39, 0.29) is 16.9 Å². The Labute approximate surface area is 262 Å². The van der Waals surface area contributed by atoms with E-state index < -0.39 is 5.83 Å². The summed E-state index contributed by atoms with van der Waals surface area (Å²) in [6.45, 7) is 13.2. The van der Waals surface area contributed by atoms with Gasteiger partial charge in [-0.05, 0) is 37.6 Å². The molecule has 1 aromatic carbocycles. The first kappa shape index (κ1) is 29.2. The standard InChI is InChI=1S/C30H36ClFN8OS2/c1-3-23(32)27-24(35-29(33)43-27)12-20-22(31)11-21-25-26(20)42-16-19(15-38-9-7-37(4-2)8-10-38)40(25)30(41)36-28(21)39-13-17-5-6-18(14-39)34-17/h3,11-12,17-19,34H,1,4-10,13-16H2,2H3,(H2,33,35)/b24-12-,27-23-. The second-order valence-corrected chi connectivity index (χ2v) is 14.3. The van der Waals surface area contributed by atoms with Crippen molar-refractivity contribution < 1.29 is 4.39 Å². The first-order valence-corrected chi connectivity index (χ1v) is 17.1. The average Bonchev–Trinajstić information content (AvgIpc) is 3.56. The van der Waals surface area contributed by atoms with E-state index in [0.717, 1.165) is 98.4 Å². The Bertz CT molecular complexity index is 1760. The van der Waals surface area contributed by atoms with Crippen LogP contribution in [0.2, 0.25) is 5.02 Å². The second kappa shape index (κ2) is 11.8. The normalized spacial score (nSPS) is 25.5. The molecular weight excluding hydrogens is 607 g/mol. The first-order valence-electron chi connectivity index (χ1n) is 15.0. The smallest absolute Gasteiger partial charge is 0.350 e. The summed E-state index contributed by atoms with van der Waals surface area (Å²) >= 11 is 9.82. The van der Waals surface area contributed by atoms with Gasteiger partial charge in [0.1, 0.15) is 11.6 Å². The lowest BCUT2D eigenvalue weighted by atomic mass is 10.1. The number of halogens is 2. The summed E-state index contributed by atoms with van der Waals surface area (Å²) in [5, 5.41) is 5.72. The average molecular weight is 643 g/mol. The van der Waals surface area contributed by atoms with Crippen molar-refractivity contribution in [1.29, 1.82) is 0 Å². The Morgan fingerprint density at radius 1 is 1.21 bits per heavy atom. The van der Waals surface area contributed by atoms with E-state index in [2.05, 4.69) is 38.5 Å². The van der Waals surface area contributed by atoms with Crippen LogP contribution in [-0.4, -0.2) is 94.5 Å². The Hall–Kier alpha value is -2.48. The molecule has 3 aromatic rings. The number of likely N-dealkylation sites (N-methyl/N-ethyl adjacent to an activating group) is 1.